The normalized spacial score (nSPS) is 11.0. The van der Waals surface area contributed by atoms with E-state index in [0.29, 0.717) is 17.3 Å². The molecule has 19 heavy (non-hydrogen) atoms. The van der Waals surface area contributed by atoms with Crippen molar-refractivity contribution in [2.45, 2.75) is 26.7 Å². The first kappa shape index (κ1) is 13.3. The molecule has 0 amide bonds. The van der Waals surface area contributed by atoms with Crippen LogP contribution in [0, 0.1) is 6.92 Å². The van der Waals surface area contributed by atoms with Crippen molar-refractivity contribution in [2.24, 2.45) is 7.05 Å². The Morgan fingerprint density at radius 3 is 2.32 bits per heavy atom. The van der Waals surface area contributed by atoms with E-state index in [2.05, 4.69) is 18.9 Å². The maximum Gasteiger partial charge on any atom is 0.339 e. The average molecular weight is 258 g/mol. The van der Waals surface area contributed by atoms with Crippen LogP contribution in [0.3, 0.4) is 0 Å². The lowest BCUT2D eigenvalue weighted by molar-refractivity contribution is 0.0697. The second kappa shape index (κ2) is 4.88. The predicted octanol–water partition coefficient (Wildman–Crippen LogP) is 3.22. The standard InChI is InChI=1S/C15H18N2O2/c1-9(2)11-5-7-12(8-6-11)14-13(15(18)19)10(3)16-17(14)4/h5-9H,1-4H3,(H,18,19). The van der Waals surface area contributed by atoms with Gasteiger partial charge in [-0.1, -0.05) is 38.1 Å². The van der Waals surface area contributed by atoms with Gasteiger partial charge in [-0.2, -0.15) is 5.10 Å². The summed E-state index contributed by atoms with van der Waals surface area (Å²) in [5.74, 6) is -0.477. The minimum atomic E-state index is -0.937. The van der Waals surface area contributed by atoms with E-state index in [1.54, 1.807) is 18.7 Å². The van der Waals surface area contributed by atoms with Gasteiger partial charge in [-0.15, -0.1) is 0 Å². The van der Waals surface area contributed by atoms with Gasteiger partial charge in [0.15, 0.2) is 0 Å². The van der Waals surface area contributed by atoms with E-state index in [0.717, 1.165) is 5.56 Å². The van der Waals surface area contributed by atoms with Crippen LogP contribution in [0.5, 0.6) is 0 Å². The van der Waals surface area contributed by atoms with Gasteiger partial charge < -0.3 is 5.11 Å². The Hall–Kier alpha value is -2.10. The van der Waals surface area contributed by atoms with Gasteiger partial charge in [0, 0.05) is 12.6 Å². The van der Waals surface area contributed by atoms with Crippen LogP contribution < -0.4 is 0 Å². The number of carbonyl (C=O) groups is 1. The molecule has 0 unspecified atom stereocenters. The van der Waals surface area contributed by atoms with Crippen LogP contribution in [-0.2, 0) is 7.05 Å². The molecule has 0 aliphatic carbocycles. The quantitative estimate of drug-likeness (QED) is 0.919. The Morgan fingerprint density at radius 2 is 1.84 bits per heavy atom. The Kier molecular flexibility index (Phi) is 3.42. The number of carboxylic acid groups (broad SMARTS) is 1. The first-order valence-corrected chi connectivity index (χ1v) is 6.29. The summed E-state index contributed by atoms with van der Waals surface area (Å²) in [6.45, 7) is 5.98. The summed E-state index contributed by atoms with van der Waals surface area (Å²) in [7, 11) is 1.77. The molecule has 0 saturated heterocycles. The third kappa shape index (κ3) is 2.38. The van der Waals surface area contributed by atoms with E-state index in [1.807, 2.05) is 24.3 Å². The maximum atomic E-state index is 11.4. The zero-order valence-electron chi connectivity index (χ0n) is 11.6. The van der Waals surface area contributed by atoms with Crippen LogP contribution in [0.1, 0.15) is 41.4 Å². The molecule has 4 heteroatoms. The number of aryl methyl sites for hydroxylation is 2. The summed E-state index contributed by atoms with van der Waals surface area (Å²) in [5.41, 5.74) is 3.59. The van der Waals surface area contributed by atoms with E-state index in [4.69, 9.17) is 0 Å². The highest BCUT2D eigenvalue weighted by atomic mass is 16.4. The zero-order valence-corrected chi connectivity index (χ0v) is 11.6. The van der Waals surface area contributed by atoms with Crippen molar-refractivity contribution in [1.29, 1.82) is 0 Å². The highest BCUT2D eigenvalue weighted by Crippen LogP contribution is 2.27. The Bertz CT molecular complexity index is 610. The zero-order chi connectivity index (χ0) is 14.2. The van der Waals surface area contributed by atoms with Gasteiger partial charge in [-0.05, 0) is 18.4 Å². The Balaban J connectivity index is 2.55. The van der Waals surface area contributed by atoms with Crippen molar-refractivity contribution < 1.29 is 9.90 Å². The monoisotopic (exact) mass is 258 g/mol. The maximum absolute atomic E-state index is 11.4. The van der Waals surface area contributed by atoms with Crippen molar-refractivity contribution in [1.82, 2.24) is 9.78 Å². The minimum absolute atomic E-state index is 0.278. The number of aromatic nitrogens is 2. The summed E-state index contributed by atoms with van der Waals surface area (Å²) in [4.78, 5) is 11.4. The van der Waals surface area contributed by atoms with Crippen molar-refractivity contribution in [3.63, 3.8) is 0 Å². The first-order chi connectivity index (χ1) is 8.91. The van der Waals surface area contributed by atoms with E-state index in [-0.39, 0.29) is 5.56 Å². The molecule has 0 fully saturated rings. The van der Waals surface area contributed by atoms with Gasteiger partial charge in [0.2, 0.25) is 0 Å². The second-order valence-corrected chi connectivity index (χ2v) is 5.01. The van der Waals surface area contributed by atoms with Gasteiger partial charge in [-0.3, -0.25) is 4.68 Å². The van der Waals surface area contributed by atoms with Crippen LogP contribution in [0.4, 0.5) is 0 Å². The summed E-state index contributed by atoms with van der Waals surface area (Å²) >= 11 is 0. The molecule has 1 aromatic heterocycles. The topological polar surface area (TPSA) is 55.1 Å². The Morgan fingerprint density at radius 1 is 1.26 bits per heavy atom. The lowest BCUT2D eigenvalue weighted by Crippen LogP contribution is -2.01. The van der Waals surface area contributed by atoms with E-state index >= 15 is 0 Å². The number of hydrogen-bond acceptors (Lipinski definition) is 2. The van der Waals surface area contributed by atoms with Gasteiger partial charge in [0.25, 0.3) is 0 Å². The van der Waals surface area contributed by atoms with E-state index in [1.165, 1.54) is 5.56 Å². The van der Waals surface area contributed by atoms with Crippen molar-refractivity contribution >= 4 is 5.97 Å². The largest absolute Gasteiger partial charge is 0.478 e. The number of nitrogens with zero attached hydrogens (tertiary/aromatic N) is 2. The molecule has 100 valence electrons. The fourth-order valence-electron chi connectivity index (χ4n) is 2.27. The molecule has 1 heterocycles. The number of benzene rings is 1. The number of aromatic carboxylic acids is 1. The Labute approximate surface area is 112 Å². The number of rotatable bonds is 3. The van der Waals surface area contributed by atoms with Crippen LogP contribution in [0.15, 0.2) is 24.3 Å². The molecule has 1 N–H and O–H groups in total. The number of hydrogen-bond donors (Lipinski definition) is 1. The summed E-state index contributed by atoms with van der Waals surface area (Å²) < 4.78 is 1.63. The average Bonchev–Trinajstić information content (AvgIpc) is 2.64. The molecular weight excluding hydrogens is 240 g/mol. The molecular formula is C15H18N2O2. The van der Waals surface area contributed by atoms with Crippen LogP contribution in [0.2, 0.25) is 0 Å². The molecule has 0 aliphatic heterocycles. The molecule has 0 spiro atoms. The number of carboxylic acids is 1. The molecule has 0 saturated carbocycles. The highest BCUT2D eigenvalue weighted by Gasteiger charge is 2.20. The lowest BCUT2D eigenvalue weighted by Gasteiger charge is -2.08. The molecule has 2 rings (SSSR count). The van der Waals surface area contributed by atoms with Crippen molar-refractivity contribution in [2.75, 3.05) is 0 Å². The molecule has 0 bridgehead atoms. The summed E-state index contributed by atoms with van der Waals surface area (Å²) in [6.07, 6.45) is 0. The summed E-state index contributed by atoms with van der Waals surface area (Å²) in [5, 5.41) is 13.5. The van der Waals surface area contributed by atoms with Gasteiger partial charge >= 0.3 is 5.97 Å². The van der Waals surface area contributed by atoms with E-state index in [9.17, 15) is 9.90 Å². The van der Waals surface area contributed by atoms with Crippen molar-refractivity contribution in [3.05, 3.63) is 41.1 Å². The molecule has 0 atom stereocenters. The second-order valence-electron chi connectivity index (χ2n) is 5.01. The van der Waals surface area contributed by atoms with Crippen LogP contribution in [0.25, 0.3) is 11.3 Å². The fraction of sp³-hybridized carbons (Fsp3) is 0.333. The SMILES string of the molecule is Cc1nn(C)c(-c2ccc(C(C)C)cc2)c1C(=O)O. The predicted molar refractivity (Wildman–Crippen MR) is 74.4 cm³/mol. The minimum Gasteiger partial charge on any atom is -0.478 e. The van der Waals surface area contributed by atoms with Gasteiger partial charge in [-0.25, -0.2) is 4.79 Å². The third-order valence-corrected chi connectivity index (χ3v) is 3.29. The molecule has 0 aliphatic rings. The molecule has 0 radical (unpaired) electrons. The molecule has 4 nitrogen and oxygen atoms in total. The first-order valence-electron chi connectivity index (χ1n) is 6.29. The van der Waals surface area contributed by atoms with Crippen LogP contribution in [-0.4, -0.2) is 20.9 Å². The van der Waals surface area contributed by atoms with Gasteiger partial charge in [0.05, 0.1) is 11.4 Å². The lowest BCUT2D eigenvalue weighted by atomic mass is 9.99. The highest BCUT2D eigenvalue weighted by molar-refractivity contribution is 5.96. The molecule has 2 aromatic rings. The van der Waals surface area contributed by atoms with Crippen molar-refractivity contribution in [3.8, 4) is 11.3 Å². The smallest absolute Gasteiger partial charge is 0.339 e. The summed E-state index contributed by atoms with van der Waals surface area (Å²) in [6, 6.07) is 7.98. The third-order valence-electron chi connectivity index (χ3n) is 3.29. The molecule has 1 aromatic carbocycles. The van der Waals surface area contributed by atoms with Gasteiger partial charge in [0.1, 0.15) is 5.56 Å². The fourth-order valence-corrected chi connectivity index (χ4v) is 2.27. The van der Waals surface area contributed by atoms with E-state index < -0.39 is 5.97 Å². The van der Waals surface area contributed by atoms with Crippen LogP contribution >= 0.6 is 0 Å².